The van der Waals surface area contributed by atoms with Crippen molar-refractivity contribution in [2.24, 2.45) is 0 Å². The number of rotatable bonds is 21. The van der Waals surface area contributed by atoms with Crippen molar-refractivity contribution in [1.82, 2.24) is 9.97 Å². The molecule has 0 N–H and O–H groups in total. The standard InChI is InChI=1S/C33H50N2O2/c1-3-5-7-9-11-13-15-17-19-27-37-33-25-21-29-28-20-24-32(34-30(28)22-23-31(29)35-33)36-26-18-16-14-12-10-8-6-4-2/h20-25H,3-19,26-27H2,1-2H3. The molecule has 0 aliphatic carbocycles. The Bertz CT molecular complexity index is 1020. The maximum atomic E-state index is 5.95. The first kappa shape index (κ1) is 29.2. The Kier molecular flexibility index (Phi) is 14.2. The Morgan fingerprint density at radius 2 is 0.784 bits per heavy atom. The lowest BCUT2D eigenvalue weighted by Gasteiger charge is -2.09. The van der Waals surface area contributed by atoms with Gasteiger partial charge in [0.15, 0.2) is 0 Å². The van der Waals surface area contributed by atoms with Gasteiger partial charge < -0.3 is 9.47 Å². The lowest BCUT2D eigenvalue weighted by Crippen LogP contribution is -2.00. The molecule has 2 aromatic heterocycles. The van der Waals surface area contributed by atoms with Crippen LogP contribution in [0.25, 0.3) is 21.8 Å². The van der Waals surface area contributed by atoms with E-state index < -0.39 is 0 Å². The molecule has 3 rings (SSSR count). The molecular formula is C33H50N2O2. The smallest absolute Gasteiger partial charge is 0.213 e. The van der Waals surface area contributed by atoms with Gasteiger partial charge in [-0.3, -0.25) is 0 Å². The van der Waals surface area contributed by atoms with Crippen LogP contribution in [0.1, 0.15) is 123 Å². The van der Waals surface area contributed by atoms with Gasteiger partial charge in [-0.2, -0.15) is 0 Å². The molecule has 4 heteroatoms. The largest absolute Gasteiger partial charge is 0.478 e. The van der Waals surface area contributed by atoms with E-state index in [-0.39, 0.29) is 0 Å². The van der Waals surface area contributed by atoms with Crippen molar-refractivity contribution in [3.63, 3.8) is 0 Å². The quantitative estimate of drug-likeness (QED) is 0.106. The van der Waals surface area contributed by atoms with Crippen molar-refractivity contribution in [3.8, 4) is 11.8 Å². The van der Waals surface area contributed by atoms with E-state index in [9.17, 15) is 0 Å². The predicted molar refractivity (Wildman–Crippen MR) is 158 cm³/mol. The zero-order chi connectivity index (χ0) is 26.0. The Morgan fingerprint density at radius 3 is 1.16 bits per heavy atom. The monoisotopic (exact) mass is 506 g/mol. The topological polar surface area (TPSA) is 44.2 Å². The number of aromatic nitrogens is 2. The summed E-state index contributed by atoms with van der Waals surface area (Å²) in [5.74, 6) is 1.42. The molecular weight excluding hydrogens is 456 g/mol. The minimum Gasteiger partial charge on any atom is -0.478 e. The molecule has 4 nitrogen and oxygen atoms in total. The Labute approximate surface area is 225 Å². The third kappa shape index (κ3) is 10.9. The third-order valence-electron chi connectivity index (χ3n) is 7.23. The van der Waals surface area contributed by atoms with Crippen molar-refractivity contribution >= 4 is 21.8 Å². The van der Waals surface area contributed by atoms with Crippen LogP contribution in [0.5, 0.6) is 11.8 Å². The molecule has 0 fully saturated rings. The highest BCUT2D eigenvalue weighted by Gasteiger charge is 2.07. The van der Waals surface area contributed by atoms with Gasteiger partial charge in [-0.15, -0.1) is 0 Å². The summed E-state index contributed by atoms with van der Waals surface area (Å²) >= 11 is 0. The van der Waals surface area contributed by atoms with Crippen molar-refractivity contribution in [2.45, 2.75) is 123 Å². The number of nitrogens with zero attached hydrogens (tertiary/aromatic N) is 2. The van der Waals surface area contributed by atoms with Gasteiger partial charge >= 0.3 is 0 Å². The van der Waals surface area contributed by atoms with Crippen molar-refractivity contribution in [2.75, 3.05) is 13.2 Å². The van der Waals surface area contributed by atoms with Gasteiger partial charge in [0.2, 0.25) is 11.8 Å². The van der Waals surface area contributed by atoms with E-state index in [1.165, 1.54) is 96.3 Å². The molecule has 37 heavy (non-hydrogen) atoms. The highest BCUT2D eigenvalue weighted by Crippen LogP contribution is 2.27. The second-order valence-electron chi connectivity index (χ2n) is 10.5. The van der Waals surface area contributed by atoms with Crippen molar-refractivity contribution < 1.29 is 9.47 Å². The van der Waals surface area contributed by atoms with Gasteiger partial charge in [0.05, 0.1) is 24.2 Å². The maximum Gasteiger partial charge on any atom is 0.213 e. The van der Waals surface area contributed by atoms with E-state index in [0.29, 0.717) is 11.8 Å². The van der Waals surface area contributed by atoms with Crippen LogP contribution in [0.4, 0.5) is 0 Å². The van der Waals surface area contributed by atoms with Gasteiger partial charge in [-0.05, 0) is 37.1 Å². The highest BCUT2D eigenvalue weighted by molar-refractivity contribution is 6.04. The number of ether oxygens (including phenoxy) is 2. The first-order valence-electron chi connectivity index (χ1n) is 15.3. The van der Waals surface area contributed by atoms with E-state index in [1.54, 1.807) is 0 Å². The van der Waals surface area contributed by atoms with Crippen molar-refractivity contribution in [1.29, 1.82) is 0 Å². The maximum absolute atomic E-state index is 5.95. The number of unbranched alkanes of at least 4 members (excludes halogenated alkanes) is 15. The molecule has 0 radical (unpaired) electrons. The van der Waals surface area contributed by atoms with Crippen LogP contribution in [-0.2, 0) is 0 Å². The van der Waals surface area contributed by atoms with Crippen LogP contribution in [-0.4, -0.2) is 23.2 Å². The average Bonchev–Trinajstić information content (AvgIpc) is 2.92. The number of fused-ring (bicyclic) bond motifs is 3. The van der Waals surface area contributed by atoms with E-state index in [1.807, 2.05) is 24.3 Å². The van der Waals surface area contributed by atoms with Gasteiger partial charge in [-0.1, -0.05) is 110 Å². The lowest BCUT2D eigenvalue weighted by molar-refractivity contribution is 0.294. The summed E-state index contributed by atoms with van der Waals surface area (Å²) in [6, 6.07) is 12.3. The Morgan fingerprint density at radius 1 is 0.432 bits per heavy atom. The second kappa shape index (κ2) is 18.0. The van der Waals surface area contributed by atoms with Crippen LogP contribution >= 0.6 is 0 Å². The zero-order valence-electron chi connectivity index (χ0n) is 23.6. The summed E-state index contributed by atoms with van der Waals surface area (Å²) in [6.07, 6.45) is 22.3. The molecule has 0 aliphatic heterocycles. The summed E-state index contributed by atoms with van der Waals surface area (Å²) in [5, 5.41) is 2.21. The molecule has 204 valence electrons. The second-order valence-corrected chi connectivity index (χ2v) is 10.5. The highest BCUT2D eigenvalue weighted by atomic mass is 16.5. The molecule has 0 bridgehead atoms. The lowest BCUT2D eigenvalue weighted by atomic mass is 10.1. The van der Waals surface area contributed by atoms with Crippen LogP contribution in [0.15, 0.2) is 36.4 Å². The predicted octanol–water partition coefficient (Wildman–Crippen LogP) is 10.2. The fourth-order valence-electron chi connectivity index (χ4n) is 4.94. The summed E-state index contributed by atoms with van der Waals surface area (Å²) in [5.41, 5.74) is 1.90. The summed E-state index contributed by atoms with van der Waals surface area (Å²) in [6.45, 7) is 6.02. The fourth-order valence-corrected chi connectivity index (χ4v) is 4.94. The van der Waals surface area contributed by atoms with E-state index in [0.717, 1.165) is 47.9 Å². The van der Waals surface area contributed by atoms with Gasteiger partial charge in [-0.25, -0.2) is 9.97 Å². The molecule has 0 amide bonds. The molecule has 2 heterocycles. The molecule has 0 saturated heterocycles. The van der Waals surface area contributed by atoms with Crippen LogP contribution in [0.2, 0.25) is 0 Å². The molecule has 0 aliphatic rings. The van der Waals surface area contributed by atoms with Gasteiger partial charge in [0.25, 0.3) is 0 Å². The van der Waals surface area contributed by atoms with Gasteiger partial charge in [0, 0.05) is 22.9 Å². The average molecular weight is 507 g/mol. The van der Waals surface area contributed by atoms with Gasteiger partial charge in [0.1, 0.15) is 0 Å². The summed E-state index contributed by atoms with van der Waals surface area (Å²) < 4.78 is 11.9. The number of hydrogen-bond acceptors (Lipinski definition) is 4. The first-order chi connectivity index (χ1) is 18.3. The minimum absolute atomic E-state index is 0.712. The molecule has 1 aromatic carbocycles. The van der Waals surface area contributed by atoms with Crippen LogP contribution < -0.4 is 9.47 Å². The molecule has 3 aromatic rings. The molecule has 0 atom stereocenters. The fraction of sp³-hybridized carbons (Fsp3) is 0.636. The number of hydrogen-bond donors (Lipinski definition) is 0. The van der Waals surface area contributed by atoms with Crippen molar-refractivity contribution in [3.05, 3.63) is 36.4 Å². The van der Waals surface area contributed by atoms with Crippen LogP contribution in [0.3, 0.4) is 0 Å². The van der Waals surface area contributed by atoms with E-state index in [4.69, 9.17) is 19.4 Å². The summed E-state index contributed by atoms with van der Waals surface area (Å²) in [4.78, 5) is 9.48. The Hall–Kier alpha value is -2.36. The summed E-state index contributed by atoms with van der Waals surface area (Å²) in [7, 11) is 0. The minimum atomic E-state index is 0.712. The molecule has 0 spiro atoms. The zero-order valence-corrected chi connectivity index (χ0v) is 23.6. The number of pyridine rings is 2. The Balaban J connectivity index is 1.38. The normalized spacial score (nSPS) is 11.4. The van der Waals surface area contributed by atoms with Crippen LogP contribution in [0, 0.1) is 0 Å². The van der Waals surface area contributed by atoms with E-state index in [2.05, 4.69) is 26.0 Å². The molecule has 0 unspecified atom stereocenters. The third-order valence-corrected chi connectivity index (χ3v) is 7.23. The number of benzene rings is 1. The van der Waals surface area contributed by atoms with E-state index >= 15 is 0 Å². The molecule has 0 saturated carbocycles. The SMILES string of the molecule is CCCCCCCCCCCOc1ccc2c(ccc3nc(OCCCCCCCCCC)ccc32)n1. The first-order valence-corrected chi connectivity index (χ1v) is 15.3.